The number of hydrogen-bond acceptors (Lipinski definition) is 9. The minimum atomic E-state index is -0.182. The maximum atomic E-state index is 11.2. The van der Waals surface area contributed by atoms with Gasteiger partial charge in [0.15, 0.2) is 0 Å². The first-order valence-electron chi connectivity index (χ1n) is 15.6. The monoisotopic (exact) mass is 584 g/mol. The van der Waals surface area contributed by atoms with Gasteiger partial charge in [0.25, 0.3) is 0 Å². The molecule has 0 spiro atoms. The predicted molar refractivity (Wildman–Crippen MR) is 160 cm³/mol. The lowest BCUT2D eigenvalue weighted by Gasteiger charge is -2.09. The summed E-state index contributed by atoms with van der Waals surface area (Å²) >= 11 is 0. The van der Waals surface area contributed by atoms with Gasteiger partial charge in [0, 0.05) is 6.42 Å². The van der Waals surface area contributed by atoms with Crippen LogP contribution in [0.5, 0.6) is 5.75 Å². The van der Waals surface area contributed by atoms with E-state index in [1.165, 1.54) is 44.1 Å². The molecule has 0 radical (unpaired) electrons. The van der Waals surface area contributed by atoms with Crippen LogP contribution in [-0.4, -0.2) is 98.5 Å². The fourth-order valence-corrected chi connectivity index (χ4v) is 3.77. The van der Waals surface area contributed by atoms with Crippen molar-refractivity contribution in [3.8, 4) is 5.75 Å². The molecule has 0 aliphatic rings. The fraction of sp³-hybridized carbons (Fsp3) is 0.781. The Morgan fingerprint density at radius 1 is 0.512 bits per heavy atom. The Labute approximate surface area is 248 Å². The third-order valence-electron chi connectivity index (χ3n) is 6.04. The molecule has 9 heteroatoms. The van der Waals surface area contributed by atoms with Crippen molar-refractivity contribution >= 4 is 5.97 Å². The highest BCUT2D eigenvalue weighted by Gasteiger charge is 2.00. The number of unbranched alkanes of at least 4 members (excludes halogenated alkanes) is 5. The summed E-state index contributed by atoms with van der Waals surface area (Å²) in [6.07, 6.45) is 10.3. The van der Waals surface area contributed by atoms with Crippen LogP contribution in [0.25, 0.3) is 0 Å². The molecular weight excluding hydrogens is 528 g/mol. The van der Waals surface area contributed by atoms with E-state index < -0.39 is 0 Å². The van der Waals surface area contributed by atoms with E-state index in [1.807, 2.05) is 19.1 Å². The largest absolute Gasteiger partial charge is 0.491 e. The zero-order chi connectivity index (χ0) is 29.5. The molecule has 9 nitrogen and oxygen atoms in total. The van der Waals surface area contributed by atoms with Crippen molar-refractivity contribution in [3.05, 3.63) is 29.8 Å². The van der Waals surface area contributed by atoms with Crippen LogP contribution >= 0.6 is 0 Å². The van der Waals surface area contributed by atoms with Crippen molar-refractivity contribution in [2.75, 3.05) is 92.5 Å². The molecule has 0 aromatic heterocycles. The van der Waals surface area contributed by atoms with Gasteiger partial charge in [-0.3, -0.25) is 4.79 Å². The molecule has 0 atom stereocenters. The van der Waals surface area contributed by atoms with E-state index in [2.05, 4.69) is 19.1 Å². The van der Waals surface area contributed by atoms with Crippen molar-refractivity contribution in [1.82, 2.24) is 0 Å². The summed E-state index contributed by atoms with van der Waals surface area (Å²) in [6.45, 7) is 11.0. The molecular formula is C32H56O9. The highest BCUT2D eigenvalue weighted by Crippen LogP contribution is 2.15. The first-order chi connectivity index (χ1) is 20.3. The van der Waals surface area contributed by atoms with Crippen LogP contribution in [0.15, 0.2) is 24.3 Å². The summed E-state index contributed by atoms with van der Waals surface area (Å²) in [5.74, 6) is 0.703. The minimum absolute atomic E-state index is 0.182. The number of carbonyl (C=O) groups excluding carboxylic acids is 1. The maximum absolute atomic E-state index is 11.2. The molecule has 1 aromatic carbocycles. The van der Waals surface area contributed by atoms with Crippen LogP contribution in [0.1, 0.15) is 70.8 Å². The van der Waals surface area contributed by atoms with Crippen LogP contribution in [0.4, 0.5) is 0 Å². The van der Waals surface area contributed by atoms with E-state index in [-0.39, 0.29) is 12.6 Å². The number of esters is 1. The van der Waals surface area contributed by atoms with E-state index in [1.54, 1.807) is 0 Å². The van der Waals surface area contributed by atoms with Crippen molar-refractivity contribution in [2.24, 2.45) is 0 Å². The molecule has 1 aromatic rings. The van der Waals surface area contributed by atoms with Crippen LogP contribution in [-0.2, 0) is 44.4 Å². The average Bonchev–Trinajstić information content (AvgIpc) is 2.98. The van der Waals surface area contributed by atoms with Crippen molar-refractivity contribution < 1.29 is 42.7 Å². The number of hydrogen-bond donors (Lipinski definition) is 0. The molecule has 0 saturated heterocycles. The highest BCUT2D eigenvalue weighted by atomic mass is 16.6. The molecule has 238 valence electrons. The SMILES string of the molecule is CCCCCCCCc1ccc(OCCOCCOCCOCCOCCOCCOCCOC(=O)CCC)cc1. The first-order valence-corrected chi connectivity index (χ1v) is 15.6. The Balaban J connectivity index is 1.75. The van der Waals surface area contributed by atoms with Crippen molar-refractivity contribution in [3.63, 3.8) is 0 Å². The van der Waals surface area contributed by atoms with E-state index in [0.29, 0.717) is 92.3 Å². The van der Waals surface area contributed by atoms with Gasteiger partial charge in [-0.05, 0) is 37.0 Å². The number of carbonyl (C=O) groups is 1. The van der Waals surface area contributed by atoms with Crippen molar-refractivity contribution in [2.45, 2.75) is 71.6 Å². The zero-order valence-corrected chi connectivity index (χ0v) is 25.7. The molecule has 0 fully saturated rings. The number of benzene rings is 1. The van der Waals surface area contributed by atoms with Gasteiger partial charge in [-0.1, -0.05) is 58.1 Å². The second-order valence-electron chi connectivity index (χ2n) is 9.65. The summed E-state index contributed by atoms with van der Waals surface area (Å²) in [5, 5.41) is 0. The lowest BCUT2D eigenvalue weighted by molar-refractivity contribution is -0.145. The molecule has 0 N–H and O–H groups in total. The molecule has 0 bridgehead atoms. The lowest BCUT2D eigenvalue weighted by Crippen LogP contribution is -2.15. The smallest absolute Gasteiger partial charge is 0.305 e. The van der Waals surface area contributed by atoms with Gasteiger partial charge in [-0.15, -0.1) is 0 Å². The molecule has 0 unspecified atom stereocenters. The van der Waals surface area contributed by atoms with Crippen molar-refractivity contribution in [1.29, 1.82) is 0 Å². The Morgan fingerprint density at radius 3 is 1.44 bits per heavy atom. The topological polar surface area (TPSA) is 90.9 Å². The van der Waals surface area contributed by atoms with Gasteiger partial charge in [0.2, 0.25) is 0 Å². The Morgan fingerprint density at radius 2 is 0.951 bits per heavy atom. The van der Waals surface area contributed by atoms with Crippen LogP contribution in [0.2, 0.25) is 0 Å². The standard InChI is InChI=1S/C32H56O9/c1-3-5-6-7-8-9-11-30-12-14-31(15-13-30)40-28-26-38-24-22-36-20-18-34-16-17-35-19-21-37-23-25-39-27-29-41-32(33)10-4-2/h12-15H,3-11,16-29H2,1-2H3. The number of ether oxygens (including phenoxy) is 8. The van der Waals surface area contributed by atoms with Gasteiger partial charge in [0.05, 0.1) is 79.3 Å². The van der Waals surface area contributed by atoms with E-state index in [0.717, 1.165) is 18.6 Å². The summed E-state index contributed by atoms with van der Waals surface area (Å²) in [6, 6.07) is 8.42. The normalized spacial score (nSPS) is 11.2. The molecule has 0 aliphatic heterocycles. The molecule has 0 amide bonds. The van der Waals surface area contributed by atoms with Gasteiger partial charge in [0.1, 0.15) is 19.0 Å². The molecule has 41 heavy (non-hydrogen) atoms. The van der Waals surface area contributed by atoms with Crippen LogP contribution in [0, 0.1) is 0 Å². The third-order valence-corrected chi connectivity index (χ3v) is 6.04. The number of aryl methyl sites for hydroxylation is 1. The van der Waals surface area contributed by atoms with Gasteiger partial charge < -0.3 is 37.9 Å². The summed E-state index contributed by atoms with van der Waals surface area (Å²) in [5.41, 5.74) is 1.38. The van der Waals surface area contributed by atoms with Crippen LogP contribution in [0.3, 0.4) is 0 Å². The molecule has 0 heterocycles. The molecule has 1 rings (SSSR count). The van der Waals surface area contributed by atoms with Gasteiger partial charge >= 0.3 is 5.97 Å². The molecule has 0 saturated carbocycles. The zero-order valence-electron chi connectivity index (χ0n) is 25.7. The summed E-state index contributed by atoms with van der Waals surface area (Å²) < 4.78 is 43.5. The molecule has 0 aliphatic carbocycles. The fourth-order valence-electron chi connectivity index (χ4n) is 3.77. The van der Waals surface area contributed by atoms with E-state index >= 15 is 0 Å². The average molecular weight is 585 g/mol. The summed E-state index contributed by atoms with van der Waals surface area (Å²) in [7, 11) is 0. The summed E-state index contributed by atoms with van der Waals surface area (Å²) in [4.78, 5) is 11.2. The van der Waals surface area contributed by atoms with Gasteiger partial charge in [-0.2, -0.15) is 0 Å². The quantitative estimate of drug-likeness (QED) is 0.0839. The maximum Gasteiger partial charge on any atom is 0.305 e. The Kier molecular flexibility index (Phi) is 27.0. The van der Waals surface area contributed by atoms with E-state index in [4.69, 9.17) is 37.9 Å². The Hall–Kier alpha value is -1.75. The van der Waals surface area contributed by atoms with Gasteiger partial charge in [-0.25, -0.2) is 0 Å². The minimum Gasteiger partial charge on any atom is -0.491 e. The highest BCUT2D eigenvalue weighted by molar-refractivity contribution is 5.69. The van der Waals surface area contributed by atoms with E-state index in [9.17, 15) is 4.79 Å². The second-order valence-corrected chi connectivity index (χ2v) is 9.65. The predicted octanol–water partition coefficient (Wildman–Crippen LogP) is 5.41. The van der Waals surface area contributed by atoms with Crippen LogP contribution < -0.4 is 4.74 Å². The lowest BCUT2D eigenvalue weighted by atomic mass is 10.0. The first kappa shape index (κ1) is 37.3. The Bertz CT molecular complexity index is 684. The third kappa shape index (κ3) is 25.7. The second kappa shape index (κ2) is 29.7. The number of rotatable bonds is 31.